The Labute approximate surface area is 156 Å². The molecule has 1 aliphatic heterocycles. The molecule has 1 atom stereocenters. The summed E-state index contributed by atoms with van der Waals surface area (Å²) >= 11 is 7.92. The molecule has 0 saturated carbocycles. The standard InChI is InChI=1S/C18H21ClN2O3S/c1-21(2)14(16-4-3-7-25-16)11-20-17(22)10-12-8-13(19)18-15(9-12)23-5-6-24-18/h3-4,7-9,14H,5-6,10-11H2,1-2H3,(H,20,22). The van der Waals surface area contributed by atoms with Crippen LogP contribution in [0, 0.1) is 0 Å². The van der Waals surface area contributed by atoms with E-state index in [4.69, 9.17) is 21.1 Å². The maximum absolute atomic E-state index is 12.3. The molecule has 0 radical (unpaired) electrons. The third kappa shape index (κ3) is 4.45. The van der Waals surface area contributed by atoms with Crippen LogP contribution < -0.4 is 14.8 Å². The summed E-state index contributed by atoms with van der Waals surface area (Å²) in [4.78, 5) is 15.7. The number of hydrogen-bond acceptors (Lipinski definition) is 5. The molecule has 1 unspecified atom stereocenters. The van der Waals surface area contributed by atoms with E-state index in [1.54, 1.807) is 17.4 Å². The van der Waals surface area contributed by atoms with E-state index in [1.807, 2.05) is 31.6 Å². The number of carbonyl (C=O) groups is 1. The van der Waals surface area contributed by atoms with E-state index in [1.165, 1.54) is 4.88 Å². The Morgan fingerprint density at radius 3 is 2.88 bits per heavy atom. The summed E-state index contributed by atoms with van der Waals surface area (Å²) in [6, 6.07) is 7.85. The van der Waals surface area contributed by atoms with Gasteiger partial charge in [-0.2, -0.15) is 0 Å². The highest BCUT2D eigenvalue weighted by Crippen LogP contribution is 2.38. The molecule has 3 rings (SSSR count). The molecule has 0 spiro atoms. The van der Waals surface area contributed by atoms with Crippen molar-refractivity contribution in [2.24, 2.45) is 0 Å². The molecule has 1 amide bonds. The number of nitrogens with one attached hydrogen (secondary N) is 1. The first-order valence-electron chi connectivity index (χ1n) is 8.09. The van der Waals surface area contributed by atoms with Crippen LogP contribution >= 0.6 is 22.9 Å². The molecule has 5 nitrogen and oxygen atoms in total. The van der Waals surface area contributed by atoms with Crippen molar-refractivity contribution in [3.63, 3.8) is 0 Å². The fourth-order valence-corrected chi connectivity index (χ4v) is 3.95. The van der Waals surface area contributed by atoms with Gasteiger partial charge in [-0.25, -0.2) is 0 Å². The number of benzene rings is 1. The number of hydrogen-bond donors (Lipinski definition) is 1. The lowest BCUT2D eigenvalue weighted by atomic mass is 10.1. The Kier molecular flexibility index (Phi) is 5.83. The van der Waals surface area contributed by atoms with Crippen LogP contribution in [0.3, 0.4) is 0 Å². The summed E-state index contributed by atoms with van der Waals surface area (Å²) in [5.41, 5.74) is 0.810. The molecule has 25 heavy (non-hydrogen) atoms. The summed E-state index contributed by atoms with van der Waals surface area (Å²) in [6.07, 6.45) is 0.251. The van der Waals surface area contributed by atoms with Crippen LogP contribution in [0.1, 0.15) is 16.5 Å². The first-order chi connectivity index (χ1) is 12.0. The van der Waals surface area contributed by atoms with Gasteiger partial charge in [0.2, 0.25) is 5.91 Å². The zero-order valence-corrected chi connectivity index (χ0v) is 15.8. The van der Waals surface area contributed by atoms with E-state index in [0.717, 1.165) is 5.56 Å². The van der Waals surface area contributed by atoms with E-state index in [9.17, 15) is 4.79 Å². The van der Waals surface area contributed by atoms with Crippen LogP contribution in [0.4, 0.5) is 0 Å². The van der Waals surface area contributed by atoms with Gasteiger partial charge in [0.15, 0.2) is 11.5 Å². The molecule has 0 fully saturated rings. The molecule has 134 valence electrons. The van der Waals surface area contributed by atoms with Gasteiger partial charge in [0, 0.05) is 11.4 Å². The lowest BCUT2D eigenvalue weighted by Gasteiger charge is -2.23. The quantitative estimate of drug-likeness (QED) is 0.836. The lowest BCUT2D eigenvalue weighted by Crippen LogP contribution is -2.34. The van der Waals surface area contributed by atoms with Gasteiger partial charge in [-0.05, 0) is 43.2 Å². The fraction of sp³-hybridized carbons (Fsp3) is 0.389. The Bertz CT molecular complexity index is 734. The van der Waals surface area contributed by atoms with E-state index in [2.05, 4.69) is 16.3 Å². The highest BCUT2D eigenvalue weighted by molar-refractivity contribution is 7.10. The van der Waals surface area contributed by atoms with Crippen LogP contribution in [0.15, 0.2) is 29.6 Å². The number of amides is 1. The molecule has 1 N–H and O–H groups in total. The van der Waals surface area contributed by atoms with Crippen molar-refractivity contribution in [3.05, 3.63) is 45.1 Å². The average molecular weight is 381 g/mol. The second-order valence-corrected chi connectivity index (χ2v) is 7.46. The van der Waals surface area contributed by atoms with Crippen LogP contribution in [0.5, 0.6) is 11.5 Å². The van der Waals surface area contributed by atoms with Crippen molar-refractivity contribution in [2.45, 2.75) is 12.5 Å². The maximum atomic E-state index is 12.3. The summed E-state index contributed by atoms with van der Waals surface area (Å²) in [7, 11) is 4.02. The average Bonchev–Trinajstić information content (AvgIpc) is 3.09. The topological polar surface area (TPSA) is 50.8 Å². The lowest BCUT2D eigenvalue weighted by molar-refractivity contribution is -0.120. The molecule has 2 aromatic rings. The molecule has 0 bridgehead atoms. The van der Waals surface area contributed by atoms with Crippen molar-refractivity contribution in [3.8, 4) is 11.5 Å². The van der Waals surface area contributed by atoms with Crippen molar-refractivity contribution in [1.29, 1.82) is 0 Å². The van der Waals surface area contributed by atoms with E-state index in [0.29, 0.717) is 36.3 Å². The first-order valence-corrected chi connectivity index (χ1v) is 9.35. The number of ether oxygens (including phenoxy) is 2. The van der Waals surface area contributed by atoms with E-state index < -0.39 is 0 Å². The fourth-order valence-electron chi connectivity index (χ4n) is 2.74. The van der Waals surface area contributed by atoms with Gasteiger partial charge in [-0.3, -0.25) is 4.79 Å². The number of halogens is 1. The summed E-state index contributed by atoms with van der Waals surface area (Å²) in [5.74, 6) is 1.12. The molecular formula is C18H21ClN2O3S. The van der Waals surface area contributed by atoms with E-state index in [-0.39, 0.29) is 18.4 Å². The van der Waals surface area contributed by atoms with Crippen molar-refractivity contribution >= 4 is 28.8 Å². The second kappa shape index (κ2) is 8.08. The van der Waals surface area contributed by atoms with Gasteiger partial charge >= 0.3 is 0 Å². The molecule has 0 aliphatic carbocycles. The van der Waals surface area contributed by atoms with Crippen molar-refractivity contribution in [2.75, 3.05) is 33.9 Å². The highest BCUT2D eigenvalue weighted by Gasteiger charge is 2.19. The Balaban J connectivity index is 1.62. The first kappa shape index (κ1) is 18.0. The largest absolute Gasteiger partial charge is 0.486 e. The minimum absolute atomic E-state index is 0.0452. The minimum atomic E-state index is -0.0452. The van der Waals surface area contributed by atoms with E-state index >= 15 is 0 Å². The third-order valence-corrected chi connectivity index (χ3v) is 5.26. The number of fused-ring (bicyclic) bond motifs is 1. The Morgan fingerprint density at radius 2 is 2.16 bits per heavy atom. The zero-order valence-electron chi connectivity index (χ0n) is 14.3. The maximum Gasteiger partial charge on any atom is 0.224 e. The number of carbonyl (C=O) groups excluding carboxylic acids is 1. The molecule has 1 aliphatic rings. The predicted octanol–water partition coefficient (Wildman–Crippen LogP) is 3.13. The number of rotatable bonds is 6. The summed E-state index contributed by atoms with van der Waals surface area (Å²) in [6.45, 7) is 1.54. The Hall–Kier alpha value is -1.76. The number of likely N-dealkylation sites (N-methyl/N-ethyl adjacent to an activating group) is 1. The highest BCUT2D eigenvalue weighted by atomic mass is 35.5. The van der Waals surface area contributed by atoms with Gasteiger partial charge in [-0.1, -0.05) is 17.7 Å². The molecule has 1 aromatic heterocycles. The van der Waals surface area contributed by atoms with Gasteiger partial charge in [0.25, 0.3) is 0 Å². The summed E-state index contributed by atoms with van der Waals surface area (Å²) < 4.78 is 11.1. The van der Waals surface area contributed by atoms with Crippen LogP contribution in [-0.2, 0) is 11.2 Å². The van der Waals surface area contributed by atoms with Gasteiger partial charge in [0.1, 0.15) is 13.2 Å². The number of thiophene rings is 1. The molecule has 2 heterocycles. The van der Waals surface area contributed by atoms with Gasteiger partial charge in [-0.15, -0.1) is 11.3 Å². The smallest absolute Gasteiger partial charge is 0.224 e. The molecule has 0 saturated heterocycles. The molecule has 7 heteroatoms. The third-order valence-electron chi connectivity index (χ3n) is 4.01. The van der Waals surface area contributed by atoms with Crippen LogP contribution in [-0.4, -0.2) is 44.7 Å². The predicted molar refractivity (Wildman–Crippen MR) is 99.9 cm³/mol. The normalized spacial score (nSPS) is 14.4. The number of nitrogens with zero attached hydrogens (tertiary/aromatic N) is 1. The van der Waals surface area contributed by atoms with Gasteiger partial charge in [0.05, 0.1) is 17.5 Å². The Morgan fingerprint density at radius 1 is 1.36 bits per heavy atom. The molecule has 1 aromatic carbocycles. The van der Waals surface area contributed by atoms with Crippen molar-refractivity contribution in [1.82, 2.24) is 10.2 Å². The second-order valence-electron chi connectivity index (χ2n) is 6.08. The van der Waals surface area contributed by atoms with Crippen molar-refractivity contribution < 1.29 is 14.3 Å². The van der Waals surface area contributed by atoms with Gasteiger partial charge < -0.3 is 19.7 Å². The minimum Gasteiger partial charge on any atom is -0.486 e. The van der Waals surface area contributed by atoms with Crippen LogP contribution in [0.25, 0.3) is 0 Å². The monoisotopic (exact) mass is 380 g/mol. The summed E-state index contributed by atoms with van der Waals surface area (Å²) in [5, 5.41) is 5.53. The zero-order chi connectivity index (χ0) is 17.8. The SMILES string of the molecule is CN(C)C(CNC(=O)Cc1cc(Cl)c2c(c1)OCCO2)c1cccs1. The van der Waals surface area contributed by atoms with Crippen LogP contribution in [0.2, 0.25) is 5.02 Å². The molecular weight excluding hydrogens is 360 g/mol.